The van der Waals surface area contributed by atoms with E-state index < -0.39 is 6.10 Å². The van der Waals surface area contributed by atoms with Gasteiger partial charge in [0, 0.05) is 5.56 Å². The summed E-state index contributed by atoms with van der Waals surface area (Å²) in [7, 11) is 0. The summed E-state index contributed by atoms with van der Waals surface area (Å²) < 4.78 is 5.69. The van der Waals surface area contributed by atoms with E-state index >= 15 is 0 Å². The van der Waals surface area contributed by atoms with Crippen LogP contribution in [-0.4, -0.2) is 11.7 Å². The van der Waals surface area contributed by atoms with Crippen LogP contribution in [-0.2, 0) is 6.42 Å². The molecule has 1 N–H and O–H groups in total. The second-order valence-electron chi connectivity index (χ2n) is 6.24. The number of benzene rings is 2. The largest absolute Gasteiger partial charge is 0.493 e. The fraction of sp³-hybridized carbons (Fsp3) is 0.368. The smallest absolute Gasteiger partial charge is 0.123 e. The van der Waals surface area contributed by atoms with E-state index in [1.54, 1.807) is 0 Å². The number of ether oxygens (including phenoxy) is 1. The highest BCUT2D eigenvalue weighted by atomic mass is 16.5. The summed E-state index contributed by atoms with van der Waals surface area (Å²) in [6.07, 6.45) is 0.527. The zero-order chi connectivity index (χ0) is 14.8. The zero-order valence-corrected chi connectivity index (χ0v) is 12.6. The van der Waals surface area contributed by atoms with Crippen LogP contribution >= 0.6 is 0 Å². The third-order valence-corrected chi connectivity index (χ3v) is 4.05. The molecule has 2 aromatic carbocycles. The van der Waals surface area contributed by atoms with Gasteiger partial charge in [-0.25, -0.2) is 0 Å². The van der Waals surface area contributed by atoms with Gasteiger partial charge in [0.1, 0.15) is 5.75 Å². The van der Waals surface area contributed by atoms with Gasteiger partial charge in [0.05, 0.1) is 18.6 Å². The van der Waals surface area contributed by atoms with E-state index in [2.05, 4.69) is 26.0 Å². The maximum atomic E-state index is 10.7. The number of hydrogen-bond acceptors (Lipinski definition) is 2. The van der Waals surface area contributed by atoms with Crippen LogP contribution in [0, 0.1) is 5.92 Å². The predicted molar refractivity (Wildman–Crippen MR) is 84.6 cm³/mol. The molecule has 0 aromatic heterocycles. The fourth-order valence-corrected chi connectivity index (χ4v) is 3.06. The molecule has 1 aliphatic rings. The van der Waals surface area contributed by atoms with Crippen molar-refractivity contribution in [3.63, 3.8) is 0 Å². The second kappa shape index (κ2) is 5.90. The Bertz CT molecular complexity index is 618. The van der Waals surface area contributed by atoms with Gasteiger partial charge in [-0.2, -0.15) is 0 Å². The van der Waals surface area contributed by atoms with Crippen molar-refractivity contribution >= 4 is 0 Å². The standard InChI is InChI=1S/C19H22O2/c1-13(2)10-14-6-5-7-15(11-14)19(20)17-12-21-18-9-4-3-8-16(17)18/h3-9,11,13,17,19-20H,10,12H2,1-2H3. The van der Waals surface area contributed by atoms with Gasteiger partial charge in [-0.05, 0) is 29.5 Å². The van der Waals surface area contributed by atoms with Crippen molar-refractivity contribution in [3.8, 4) is 5.75 Å². The number of aliphatic hydroxyl groups excluding tert-OH is 1. The van der Waals surface area contributed by atoms with Crippen molar-refractivity contribution in [2.45, 2.75) is 32.3 Å². The van der Waals surface area contributed by atoms with Crippen LogP contribution < -0.4 is 4.74 Å². The zero-order valence-electron chi connectivity index (χ0n) is 12.6. The first-order valence-electron chi connectivity index (χ1n) is 7.64. The quantitative estimate of drug-likeness (QED) is 0.915. The predicted octanol–water partition coefficient (Wildman–Crippen LogP) is 4.09. The molecule has 1 heterocycles. The minimum Gasteiger partial charge on any atom is -0.493 e. The van der Waals surface area contributed by atoms with Gasteiger partial charge >= 0.3 is 0 Å². The van der Waals surface area contributed by atoms with Gasteiger partial charge < -0.3 is 9.84 Å². The summed E-state index contributed by atoms with van der Waals surface area (Å²) in [4.78, 5) is 0. The van der Waals surface area contributed by atoms with E-state index in [4.69, 9.17) is 4.74 Å². The maximum absolute atomic E-state index is 10.7. The highest BCUT2D eigenvalue weighted by Crippen LogP contribution is 2.41. The molecule has 0 spiro atoms. The Kier molecular flexibility index (Phi) is 3.98. The lowest BCUT2D eigenvalue weighted by Gasteiger charge is -2.18. The Hall–Kier alpha value is -1.80. The first kappa shape index (κ1) is 14.2. The Morgan fingerprint density at radius 2 is 1.95 bits per heavy atom. The van der Waals surface area contributed by atoms with Crippen LogP contribution in [0.1, 0.15) is 42.6 Å². The van der Waals surface area contributed by atoms with Crippen LogP contribution in [0.5, 0.6) is 5.75 Å². The fourth-order valence-electron chi connectivity index (χ4n) is 3.06. The summed E-state index contributed by atoms with van der Waals surface area (Å²) in [5, 5.41) is 10.7. The maximum Gasteiger partial charge on any atom is 0.123 e. The van der Waals surface area contributed by atoms with E-state index in [0.29, 0.717) is 12.5 Å². The lowest BCUT2D eigenvalue weighted by Crippen LogP contribution is -2.12. The lowest BCUT2D eigenvalue weighted by molar-refractivity contribution is 0.130. The van der Waals surface area contributed by atoms with E-state index in [1.165, 1.54) is 5.56 Å². The van der Waals surface area contributed by atoms with E-state index in [1.807, 2.05) is 36.4 Å². The van der Waals surface area contributed by atoms with Crippen molar-refractivity contribution in [2.24, 2.45) is 5.92 Å². The van der Waals surface area contributed by atoms with Gasteiger partial charge in [0.2, 0.25) is 0 Å². The molecule has 2 nitrogen and oxygen atoms in total. The third kappa shape index (κ3) is 2.96. The van der Waals surface area contributed by atoms with Gasteiger partial charge in [-0.3, -0.25) is 0 Å². The molecule has 0 aliphatic carbocycles. The molecule has 21 heavy (non-hydrogen) atoms. The first-order valence-corrected chi connectivity index (χ1v) is 7.64. The molecule has 0 amide bonds. The van der Waals surface area contributed by atoms with Gasteiger partial charge in [-0.1, -0.05) is 56.3 Å². The average Bonchev–Trinajstić information content (AvgIpc) is 2.90. The van der Waals surface area contributed by atoms with Crippen LogP contribution in [0.2, 0.25) is 0 Å². The van der Waals surface area contributed by atoms with Crippen molar-refractivity contribution in [1.29, 1.82) is 0 Å². The SMILES string of the molecule is CC(C)Cc1cccc(C(O)C2COc3ccccc32)c1. The van der Waals surface area contributed by atoms with Gasteiger partial charge in [-0.15, -0.1) is 0 Å². The molecule has 2 aromatic rings. The van der Waals surface area contributed by atoms with Crippen LogP contribution in [0.3, 0.4) is 0 Å². The minimum absolute atomic E-state index is 0.0236. The monoisotopic (exact) mass is 282 g/mol. The van der Waals surface area contributed by atoms with E-state index in [9.17, 15) is 5.11 Å². The summed E-state index contributed by atoms with van der Waals surface area (Å²) in [6, 6.07) is 16.3. The Morgan fingerprint density at radius 3 is 2.76 bits per heavy atom. The molecule has 0 saturated heterocycles. The summed E-state index contributed by atoms with van der Waals surface area (Å²) in [5.74, 6) is 1.54. The molecular weight excluding hydrogens is 260 g/mol. The molecular formula is C19H22O2. The van der Waals surface area contributed by atoms with E-state index in [0.717, 1.165) is 23.3 Å². The normalized spacial score (nSPS) is 18.4. The van der Waals surface area contributed by atoms with Crippen LogP contribution in [0.25, 0.3) is 0 Å². The highest BCUT2D eigenvalue weighted by molar-refractivity contribution is 5.42. The molecule has 2 unspecified atom stereocenters. The van der Waals surface area contributed by atoms with Crippen molar-refractivity contribution in [3.05, 3.63) is 65.2 Å². The average molecular weight is 282 g/mol. The number of para-hydroxylation sites is 1. The molecule has 3 rings (SSSR count). The molecule has 0 saturated carbocycles. The molecule has 0 fully saturated rings. The van der Waals surface area contributed by atoms with E-state index in [-0.39, 0.29) is 5.92 Å². The van der Waals surface area contributed by atoms with Gasteiger partial charge in [0.25, 0.3) is 0 Å². The third-order valence-electron chi connectivity index (χ3n) is 4.05. The number of hydrogen-bond donors (Lipinski definition) is 1. The number of rotatable bonds is 4. The summed E-state index contributed by atoms with van der Waals surface area (Å²) >= 11 is 0. The van der Waals surface area contributed by atoms with Gasteiger partial charge in [0.15, 0.2) is 0 Å². The molecule has 0 bridgehead atoms. The van der Waals surface area contributed by atoms with Crippen molar-refractivity contribution < 1.29 is 9.84 Å². The van der Waals surface area contributed by atoms with Crippen molar-refractivity contribution in [1.82, 2.24) is 0 Å². The highest BCUT2D eigenvalue weighted by Gasteiger charge is 2.30. The Labute approximate surface area is 126 Å². The number of fused-ring (bicyclic) bond motifs is 1. The lowest BCUT2D eigenvalue weighted by atomic mass is 9.89. The molecule has 2 atom stereocenters. The molecule has 110 valence electrons. The summed E-state index contributed by atoms with van der Waals surface area (Å²) in [5.41, 5.74) is 3.38. The summed E-state index contributed by atoms with van der Waals surface area (Å²) in [6.45, 7) is 4.98. The molecule has 2 heteroatoms. The Balaban J connectivity index is 1.84. The van der Waals surface area contributed by atoms with Crippen molar-refractivity contribution in [2.75, 3.05) is 6.61 Å². The number of aliphatic hydroxyl groups is 1. The second-order valence-corrected chi connectivity index (χ2v) is 6.24. The van der Waals surface area contributed by atoms with Crippen LogP contribution in [0.4, 0.5) is 0 Å². The molecule has 1 aliphatic heterocycles. The van der Waals surface area contributed by atoms with Crippen LogP contribution in [0.15, 0.2) is 48.5 Å². The minimum atomic E-state index is -0.513. The topological polar surface area (TPSA) is 29.5 Å². The molecule has 0 radical (unpaired) electrons. The first-order chi connectivity index (χ1) is 10.1. The Morgan fingerprint density at radius 1 is 1.14 bits per heavy atom.